The molecular weight excluding hydrogens is 419 g/mol. The summed E-state index contributed by atoms with van der Waals surface area (Å²) in [7, 11) is 0. The zero-order chi connectivity index (χ0) is 21.5. The van der Waals surface area contributed by atoms with Crippen LogP contribution in [0.5, 0.6) is 0 Å². The van der Waals surface area contributed by atoms with E-state index in [0.29, 0.717) is 22.0 Å². The highest BCUT2D eigenvalue weighted by atomic mass is 35.5. The molecule has 156 valence electrons. The molecule has 1 aromatic heterocycles. The van der Waals surface area contributed by atoms with Crippen molar-refractivity contribution in [2.24, 2.45) is 0 Å². The number of hydrogen-bond acceptors (Lipinski definition) is 3. The topological polar surface area (TPSA) is 58.4 Å². The summed E-state index contributed by atoms with van der Waals surface area (Å²) in [6.45, 7) is -1.02. The number of aromatic nitrogens is 2. The van der Waals surface area contributed by atoms with E-state index in [9.17, 15) is 23.1 Å². The highest BCUT2D eigenvalue weighted by Gasteiger charge is 2.58. The number of likely N-dealkylation sites (tertiary alicyclic amines) is 1. The second-order valence-electron chi connectivity index (χ2n) is 7.18. The summed E-state index contributed by atoms with van der Waals surface area (Å²) in [6, 6.07) is 17.2. The minimum absolute atomic E-state index is 0.109. The fraction of sp³-hybridized carbons (Fsp3) is 0.238. The van der Waals surface area contributed by atoms with Crippen LogP contribution < -0.4 is 0 Å². The molecule has 0 radical (unpaired) electrons. The van der Waals surface area contributed by atoms with Crippen LogP contribution in [0.1, 0.15) is 16.9 Å². The summed E-state index contributed by atoms with van der Waals surface area (Å²) >= 11 is 5.93. The van der Waals surface area contributed by atoms with E-state index in [1.54, 1.807) is 54.6 Å². The molecule has 1 aliphatic heterocycles. The predicted octanol–water partition coefficient (Wildman–Crippen LogP) is 4.33. The molecule has 0 aliphatic carbocycles. The smallest absolute Gasteiger partial charge is 0.379 e. The van der Waals surface area contributed by atoms with Crippen LogP contribution in [0.25, 0.3) is 16.9 Å². The van der Waals surface area contributed by atoms with Gasteiger partial charge in [0, 0.05) is 23.6 Å². The molecule has 9 heteroatoms. The highest BCUT2D eigenvalue weighted by molar-refractivity contribution is 6.30. The number of amides is 1. The summed E-state index contributed by atoms with van der Waals surface area (Å²) < 4.78 is 40.9. The Labute approximate surface area is 175 Å². The molecule has 0 bridgehead atoms. The number of benzene rings is 2. The first-order valence-corrected chi connectivity index (χ1v) is 9.56. The number of carbonyl (C=O) groups excluding carboxylic acids is 1. The van der Waals surface area contributed by atoms with E-state index < -0.39 is 30.7 Å². The Morgan fingerprint density at radius 1 is 1.10 bits per heavy atom. The van der Waals surface area contributed by atoms with Crippen molar-refractivity contribution in [2.45, 2.75) is 18.2 Å². The molecule has 1 fully saturated rings. The summed E-state index contributed by atoms with van der Waals surface area (Å²) in [5, 5.41) is 15.0. The lowest BCUT2D eigenvalue weighted by Crippen LogP contribution is -2.48. The summed E-state index contributed by atoms with van der Waals surface area (Å²) in [4.78, 5) is 14.1. The fourth-order valence-corrected chi connectivity index (χ4v) is 3.55. The molecule has 2 heterocycles. The fourth-order valence-electron chi connectivity index (χ4n) is 3.42. The highest BCUT2D eigenvalue weighted by Crippen LogP contribution is 2.38. The van der Waals surface area contributed by atoms with Gasteiger partial charge in [0.15, 0.2) is 5.60 Å². The lowest BCUT2D eigenvalue weighted by atomic mass is 10.0. The first kappa shape index (κ1) is 20.4. The van der Waals surface area contributed by atoms with Crippen LogP contribution in [0.4, 0.5) is 13.2 Å². The molecule has 1 amide bonds. The molecule has 1 N–H and O–H groups in total. The van der Waals surface area contributed by atoms with Crippen molar-refractivity contribution in [1.29, 1.82) is 0 Å². The van der Waals surface area contributed by atoms with Crippen molar-refractivity contribution in [3.63, 3.8) is 0 Å². The predicted molar refractivity (Wildman–Crippen MR) is 106 cm³/mol. The standard InChI is InChI=1S/C21H17ClF3N3O2/c22-15-8-6-14(7-9-15)17-12-18(28(26-17)16-4-2-1-3-5-16)19(29)27-11-10-20(30,13-27)21(23,24)25/h1-9,12,30H,10-11,13H2. The van der Waals surface area contributed by atoms with E-state index in [2.05, 4.69) is 5.10 Å². The van der Waals surface area contributed by atoms with E-state index in [-0.39, 0.29) is 12.2 Å². The van der Waals surface area contributed by atoms with E-state index in [1.807, 2.05) is 0 Å². The largest absolute Gasteiger partial charge is 0.419 e. The van der Waals surface area contributed by atoms with Gasteiger partial charge in [-0.1, -0.05) is 41.9 Å². The minimum atomic E-state index is -4.81. The van der Waals surface area contributed by atoms with Crippen molar-refractivity contribution < 1.29 is 23.1 Å². The van der Waals surface area contributed by atoms with Gasteiger partial charge in [-0.05, 0) is 30.3 Å². The van der Waals surface area contributed by atoms with Gasteiger partial charge in [0.1, 0.15) is 5.69 Å². The van der Waals surface area contributed by atoms with Gasteiger partial charge >= 0.3 is 6.18 Å². The van der Waals surface area contributed by atoms with Gasteiger partial charge in [-0.3, -0.25) is 4.79 Å². The van der Waals surface area contributed by atoms with E-state index in [0.717, 1.165) is 4.90 Å². The number of nitrogens with zero attached hydrogens (tertiary/aromatic N) is 3. The Balaban J connectivity index is 1.73. The molecule has 1 atom stereocenters. The lowest BCUT2D eigenvalue weighted by Gasteiger charge is -2.25. The van der Waals surface area contributed by atoms with Gasteiger partial charge in [0.05, 0.1) is 17.9 Å². The van der Waals surface area contributed by atoms with Crippen molar-refractivity contribution in [2.75, 3.05) is 13.1 Å². The molecule has 1 aliphatic rings. The molecule has 1 unspecified atom stereocenters. The minimum Gasteiger partial charge on any atom is -0.379 e. The third-order valence-corrected chi connectivity index (χ3v) is 5.38. The van der Waals surface area contributed by atoms with Crippen LogP contribution in [-0.4, -0.2) is 50.6 Å². The Bertz CT molecular complexity index is 1070. The van der Waals surface area contributed by atoms with Gasteiger partial charge in [0.25, 0.3) is 5.91 Å². The van der Waals surface area contributed by atoms with Gasteiger partial charge in [0.2, 0.25) is 0 Å². The molecule has 30 heavy (non-hydrogen) atoms. The third kappa shape index (κ3) is 3.68. The number of halogens is 4. The normalized spacial score (nSPS) is 19.3. The molecule has 1 saturated heterocycles. The van der Waals surface area contributed by atoms with Gasteiger partial charge in [-0.2, -0.15) is 18.3 Å². The summed E-state index contributed by atoms with van der Waals surface area (Å²) in [5.74, 6) is -0.633. The van der Waals surface area contributed by atoms with Gasteiger partial charge in [-0.25, -0.2) is 4.68 Å². The molecule has 4 rings (SSSR count). The monoisotopic (exact) mass is 435 g/mol. The Kier molecular flexibility index (Phi) is 5.07. The molecular formula is C21H17ClF3N3O2. The van der Waals surface area contributed by atoms with Gasteiger partial charge < -0.3 is 10.0 Å². The number of aliphatic hydroxyl groups is 1. The number of rotatable bonds is 3. The SMILES string of the molecule is O=C(c1cc(-c2ccc(Cl)cc2)nn1-c1ccccc1)N1CCC(O)(C(F)(F)F)C1. The number of hydrogen-bond donors (Lipinski definition) is 1. The van der Waals surface area contributed by atoms with Crippen molar-refractivity contribution in [3.05, 3.63) is 71.4 Å². The number of carbonyl (C=O) groups is 1. The lowest BCUT2D eigenvalue weighted by molar-refractivity contribution is -0.253. The zero-order valence-electron chi connectivity index (χ0n) is 15.6. The van der Waals surface area contributed by atoms with Crippen LogP contribution in [0.15, 0.2) is 60.7 Å². The maximum Gasteiger partial charge on any atom is 0.419 e. The van der Waals surface area contributed by atoms with Gasteiger partial charge in [-0.15, -0.1) is 0 Å². The maximum atomic E-state index is 13.2. The Morgan fingerprint density at radius 3 is 2.37 bits per heavy atom. The van der Waals surface area contributed by atoms with E-state index >= 15 is 0 Å². The van der Waals surface area contributed by atoms with E-state index in [1.165, 1.54) is 10.7 Å². The molecule has 5 nitrogen and oxygen atoms in total. The molecule has 0 saturated carbocycles. The average Bonchev–Trinajstić information content (AvgIpc) is 3.34. The third-order valence-electron chi connectivity index (χ3n) is 5.13. The van der Waals surface area contributed by atoms with Crippen LogP contribution in [-0.2, 0) is 0 Å². The summed E-state index contributed by atoms with van der Waals surface area (Å²) in [6.07, 6.45) is -5.37. The quantitative estimate of drug-likeness (QED) is 0.666. The number of para-hydroxylation sites is 1. The van der Waals surface area contributed by atoms with Crippen LogP contribution in [0, 0.1) is 0 Å². The molecule has 3 aromatic rings. The van der Waals surface area contributed by atoms with Crippen molar-refractivity contribution in [1.82, 2.24) is 14.7 Å². The first-order chi connectivity index (χ1) is 14.2. The van der Waals surface area contributed by atoms with Crippen molar-refractivity contribution in [3.8, 4) is 16.9 Å². The zero-order valence-corrected chi connectivity index (χ0v) is 16.4. The van der Waals surface area contributed by atoms with Crippen molar-refractivity contribution >= 4 is 17.5 Å². The Hall–Kier alpha value is -2.84. The average molecular weight is 436 g/mol. The van der Waals surface area contributed by atoms with Crippen LogP contribution in [0.2, 0.25) is 5.02 Å². The second kappa shape index (κ2) is 7.45. The molecule has 2 aromatic carbocycles. The molecule has 0 spiro atoms. The maximum absolute atomic E-state index is 13.2. The second-order valence-corrected chi connectivity index (χ2v) is 7.61. The van der Waals surface area contributed by atoms with E-state index in [4.69, 9.17) is 11.6 Å². The summed E-state index contributed by atoms with van der Waals surface area (Å²) in [5.41, 5.74) is -1.02. The Morgan fingerprint density at radius 2 is 1.77 bits per heavy atom. The number of alkyl halides is 3. The number of β-amino-alcohol motifs (C(OH)–C–C–N with tert-alkyl or cyclic N) is 1. The first-order valence-electron chi connectivity index (χ1n) is 9.18. The van der Waals surface area contributed by atoms with Crippen LogP contribution >= 0.6 is 11.6 Å². The van der Waals surface area contributed by atoms with Crippen LogP contribution in [0.3, 0.4) is 0 Å².